The van der Waals surface area contributed by atoms with Crippen LogP contribution in [0.25, 0.3) is 11.3 Å². The highest BCUT2D eigenvalue weighted by Gasteiger charge is 2.13. The summed E-state index contributed by atoms with van der Waals surface area (Å²) < 4.78 is 22.6. The smallest absolute Gasteiger partial charge is 0.238 e. The van der Waals surface area contributed by atoms with E-state index in [1.165, 1.54) is 12.1 Å². The molecule has 0 aliphatic carbocycles. The predicted molar refractivity (Wildman–Crippen MR) is 117 cm³/mol. The van der Waals surface area contributed by atoms with E-state index in [1.807, 2.05) is 0 Å². The van der Waals surface area contributed by atoms with Gasteiger partial charge in [0, 0.05) is 18.2 Å². The van der Waals surface area contributed by atoms with Gasteiger partial charge in [-0.3, -0.25) is 0 Å². The van der Waals surface area contributed by atoms with Gasteiger partial charge in [0.05, 0.1) is 25.7 Å². The number of aromatic nitrogens is 2. The zero-order chi connectivity index (χ0) is 21.2. The number of anilines is 2. The van der Waals surface area contributed by atoms with Gasteiger partial charge < -0.3 is 11.1 Å². The van der Waals surface area contributed by atoms with Crippen LogP contribution in [0.2, 0.25) is 15.1 Å². The summed E-state index contributed by atoms with van der Waals surface area (Å²) in [5, 5.41) is 9.11. The first-order valence-electron chi connectivity index (χ1n) is 8.29. The molecule has 0 aliphatic rings. The number of rotatable bonds is 6. The first-order valence-corrected chi connectivity index (χ1v) is 11.0. The largest absolute Gasteiger partial charge is 0.370 e. The normalized spacial score (nSPS) is 11.4. The second-order valence-electron chi connectivity index (χ2n) is 6.09. The van der Waals surface area contributed by atoms with Crippen molar-refractivity contribution in [2.45, 2.75) is 11.3 Å². The van der Waals surface area contributed by atoms with E-state index in [9.17, 15) is 8.42 Å². The first kappa shape index (κ1) is 21.6. The van der Waals surface area contributed by atoms with E-state index in [2.05, 4.69) is 15.3 Å². The second kappa shape index (κ2) is 8.73. The van der Waals surface area contributed by atoms with Crippen molar-refractivity contribution in [3.8, 4) is 11.3 Å². The van der Waals surface area contributed by atoms with Gasteiger partial charge in [-0.25, -0.2) is 18.5 Å². The summed E-state index contributed by atoms with van der Waals surface area (Å²) in [4.78, 5) is 8.44. The molecule has 0 bridgehead atoms. The molecular weight excluding hydrogens is 457 g/mol. The van der Waals surface area contributed by atoms with Crippen molar-refractivity contribution in [1.82, 2.24) is 9.97 Å². The van der Waals surface area contributed by atoms with Crippen LogP contribution < -0.4 is 16.2 Å². The Balaban J connectivity index is 1.73. The van der Waals surface area contributed by atoms with Gasteiger partial charge in [-0.15, -0.1) is 0 Å². The fourth-order valence-electron chi connectivity index (χ4n) is 2.60. The zero-order valence-electron chi connectivity index (χ0n) is 14.9. The van der Waals surface area contributed by atoms with Crippen molar-refractivity contribution in [2.24, 2.45) is 5.14 Å². The summed E-state index contributed by atoms with van der Waals surface area (Å²) in [6, 6.07) is 11.4. The minimum absolute atomic E-state index is 0.0703. The number of hydrogen-bond acceptors (Lipinski definition) is 6. The van der Waals surface area contributed by atoms with E-state index in [0.29, 0.717) is 35.1 Å². The molecule has 2 aromatic carbocycles. The molecular formula is C18H16Cl3N5O2S. The summed E-state index contributed by atoms with van der Waals surface area (Å²) in [5.74, 6) is 0.584. The van der Waals surface area contributed by atoms with Crippen molar-refractivity contribution in [3.05, 3.63) is 63.1 Å². The summed E-state index contributed by atoms with van der Waals surface area (Å²) in [6.07, 6.45) is 0.623. The Morgan fingerprint density at radius 3 is 2.31 bits per heavy atom. The highest BCUT2D eigenvalue weighted by atomic mass is 35.5. The third kappa shape index (κ3) is 5.29. The van der Waals surface area contributed by atoms with Crippen molar-refractivity contribution >= 4 is 56.6 Å². The third-order valence-electron chi connectivity index (χ3n) is 4.03. The summed E-state index contributed by atoms with van der Waals surface area (Å²) >= 11 is 18.4. The van der Waals surface area contributed by atoms with Gasteiger partial charge in [-0.2, -0.15) is 4.98 Å². The number of halogens is 3. The van der Waals surface area contributed by atoms with Crippen LogP contribution in [0.15, 0.2) is 47.4 Å². The maximum Gasteiger partial charge on any atom is 0.238 e. The SMILES string of the molecule is Nc1nc(NCCc2ccc(S(N)(=O)=O)cc2)cc(-c2ccc(Cl)c(Cl)c2Cl)n1. The monoisotopic (exact) mass is 471 g/mol. The number of sulfonamides is 1. The van der Waals surface area contributed by atoms with Crippen LogP contribution in [0.3, 0.4) is 0 Å². The molecule has 0 saturated heterocycles. The van der Waals surface area contributed by atoms with Gasteiger partial charge in [0.1, 0.15) is 5.82 Å². The Labute approximate surface area is 183 Å². The van der Waals surface area contributed by atoms with Crippen molar-refractivity contribution in [2.75, 3.05) is 17.6 Å². The molecule has 0 saturated carbocycles. The Hall–Kier alpha value is -2.10. The zero-order valence-corrected chi connectivity index (χ0v) is 17.9. The fourth-order valence-corrected chi connectivity index (χ4v) is 3.75. The molecule has 0 radical (unpaired) electrons. The lowest BCUT2D eigenvalue weighted by molar-refractivity contribution is 0.598. The number of benzene rings is 2. The molecule has 5 N–H and O–H groups in total. The van der Waals surface area contributed by atoms with Gasteiger partial charge >= 0.3 is 0 Å². The van der Waals surface area contributed by atoms with Crippen LogP contribution in [0.5, 0.6) is 0 Å². The number of nitrogens with one attached hydrogen (secondary N) is 1. The van der Waals surface area contributed by atoms with Crippen LogP contribution in [-0.2, 0) is 16.4 Å². The Morgan fingerprint density at radius 2 is 1.66 bits per heavy atom. The average Bonchev–Trinajstić information content (AvgIpc) is 2.65. The number of nitrogens with zero attached hydrogens (tertiary/aromatic N) is 2. The number of primary sulfonamides is 1. The minimum Gasteiger partial charge on any atom is -0.370 e. The molecule has 0 atom stereocenters. The Morgan fingerprint density at radius 1 is 0.966 bits per heavy atom. The summed E-state index contributed by atoms with van der Waals surface area (Å²) in [5.41, 5.74) is 7.83. The molecule has 1 heterocycles. The molecule has 152 valence electrons. The van der Waals surface area contributed by atoms with Gasteiger partial charge in [-0.05, 0) is 36.2 Å². The van der Waals surface area contributed by atoms with E-state index in [1.54, 1.807) is 30.3 Å². The summed E-state index contributed by atoms with van der Waals surface area (Å²) in [6.45, 7) is 0.528. The summed E-state index contributed by atoms with van der Waals surface area (Å²) in [7, 11) is -3.70. The molecule has 1 aromatic heterocycles. The van der Waals surface area contributed by atoms with E-state index < -0.39 is 10.0 Å². The average molecular weight is 473 g/mol. The molecule has 0 amide bonds. The quantitative estimate of drug-likeness (QED) is 0.466. The van der Waals surface area contributed by atoms with Crippen LogP contribution in [0.1, 0.15) is 5.56 Å². The molecule has 3 rings (SSSR count). The molecule has 7 nitrogen and oxygen atoms in total. The molecule has 0 spiro atoms. The van der Waals surface area contributed by atoms with E-state index >= 15 is 0 Å². The molecule has 0 unspecified atom stereocenters. The number of nitrogen functional groups attached to an aromatic ring is 1. The lowest BCUT2D eigenvalue weighted by atomic mass is 10.1. The van der Waals surface area contributed by atoms with Crippen LogP contribution in [-0.4, -0.2) is 24.9 Å². The lowest BCUT2D eigenvalue weighted by Crippen LogP contribution is -2.12. The van der Waals surface area contributed by atoms with E-state index in [-0.39, 0.29) is 20.9 Å². The maximum atomic E-state index is 11.3. The van der Waals surface area contributed by atoms with E-state index in [0.717, 1.165) is 5.56 Å². The Kier molecular flexibility index (Phi) is 6.50. The third-order valence-corrected chi connectivity index (χ3v) is 6.25. The van der Waals surface area contributed by atoms with Gasteiger partial charge in [0.2, 0.25) is 16.0 Å². The molecule has 29 heavy (non-hydrogen) atoms. The number of hydrogen-bond donors (Lipinski definition) is 3. The van der Waals surface area contributed by atoms with Crippen LogP contribution >= 0.6 is 34.8 Å². The van der Waals surface area contributed by atoms with Gasteiger partial charge in [0.15, 0.2) is 0 Å². The van der Waals surface area contributed by atoms with Crippen molar-refractivity contribution < 1.29 is 8.42 Å². The second-order valence-corrected chi connectivity index (χ2v) is 8.81. The minimum atomic E-state index is -3.70. The standard InChI is InChI=1S/C18H16Cl3N5O2S/c19-13-6-5-12(16(20)17(13)21)14-9-15(26-18(22)25-14)24-8-7-10-1-3-11(4-2-10)29(23,27)28/h1-6,9H,7-8H2,(H2,23,27,28)(H3,22,24,25,26). The lowest BCUT2D eigenvalue weighted by Gasteiger charge is -2.11. The van der Waals surface area contributed by atoms with Gasteiger partial charge in [0.25, 0.3) is 0 Å². The predicted octanol–water partition coefficient (Wildman–Crippen LogP) is 3.99. The van der Waals surface area contributed by atoms with Gasteiger partial charge in [-0.1, -0.05) is 46.9 Å². The number of nitrogens with two attached hydrogens (primary N) is 2. The van der Waals surface area contributed by atoms with Crippen LogP contribution in [0.4, 0.5) is 11.8 Å². The maximum absolute atomic E-state index is 11.3. The van der Waals surface area contributed by atoms with E-state index in [4.69, 9.17) is 45.7 Å². The fraction of sp³-hybridized carbons (Fsp3) is 0.111. The highest BCUT2D eigenvalue weighted by molar-refractivity contribution is 7.89. The topological polar surface area (TPSA) is 124 Å². The highest BCUT2D eigenvalue weighted by Crippen LogP contribution is 2.37. The molecule has 3 aromatic rings. The Bertz CT molecular complexity index is 1150. The molecule has 0 fully saturated rings. The van der Waals surface area contributed by atoms with Crippen molar-refractivity contribution in [3.63, 3.8) is 0 Å². The molecule has 0 aliphatic heterocycles. The van der Waals surface area contributed by atoms with Crippen LogP contribution in [0, 0.1) is 0 Å². The molecule has 11 heteroatoms. The first-order chi connectivity index (χ1) is 13.6. The van der Waals surface area contributed by atoms with Crippen molar-refractivity contribution in [1.29, 1.82) is 0 Å².